The van der Waals surface area contributed by atoms with Crippen LogP contribution in [0.2, 0.25) is 0 Å². The Hall–Kier alpha value is -0.470. The van der Waals surface area contributed by atoms with Gasteiger partial charge in [0, 0.05) is 6.54 Å². The van der Waals surface area contributed by atoms with Gasteiger partial charge in [0.15, 0.2) is 0 Å². The molecule has 1 aromatic carbocycles. The van der Waals surface area contributed by atoms with Gasteiger partial charge in [-0.15, -0.1) is 0 Å². The molecule has 102 valence electrons. The number of unbranched alkanes of at least 4 members (excludes halogenated alkanes) is 3. The first-order valence-corrected chi connectivity index (χ1v) is 8.53. The van der Waals surface area contributed by atoms with Crippen LogP contribution in [0.15, 0.2) is 24.3 Å². The molecule has 0 fully saturated rings. The van der Waals surface area contributed by atoms with Crippen LogP contribution in [0.1, 0.15) is 43.7 Å². The summed E-state index contributed by atoms with van der Waals surface area (Å²) >= 11 is 1.95. The molecule has 0 amide bonds. The third-order valence-electron chi connectivity index (χ3n) is 3.21. The van der Waals surface area contributed by atoms with E-state index in [1.54, 1.807) is 0 Å². The maximum absolute atomic E-state index is 3.52. The van der Waals surface area contributed by atoms with Gasteiger partial charge < -0.3 is 5.32 Å². The number of nitrogens with one attached hydrogen (secondary N) is 1. The minimum atomic E-state index is 1.01. The van der Waals surface area contributed by atoms with Crippen LogP contribution in [0.5, 0.6) is 0 Å². The minimum Gasteiger partial charge on any atom is -0.313 e. The molecule has 0 heterocycles. The predicted octanol–water partition coefficient (Wildman–Crippen LogP) is 4.26. The highest BCUT2D eigenvalue weighted by Crippen LogP contribution is 2.06. The van der Waals surface area contributed by atoms with Gasteiger partial charge in [0.25, 0.3) is 0 Å². The van der Waals surface area contributed by atoms with Gasteiger partial charge in [0.05, 0.1) is 0 Å². The molecule has 2 heteroatoms. The predicted molar refractivity (Wildman–Crippen MR) is 84.4 cm³/mol. The van der Waals surface area contributed by atoms with Crippen LogP contribution in [0, 0.1) is 0 Å². The summed E-state index contributed by atoms with van der Waals surface area (Å²) < 4.78 is 0. The van der Waals surface area contributed by atoms with Gasteiger partial charge in [-0.2, -0.15) is 11.8 Å². The Morgan fingerprint density at radius 3 is 2.28 bits per heavy atom. The van der Waals surface area contributed by atoms with Crippen LogP contribution >= 0.6 is 11.8 Å². The van der Waals surface area contributed by atoms with Crippen molar-refractivity contribution < 1.29 is 0 Å². The van der Waals surface area contributed by atoms with E-state index in [2.05, 4.69) is 42.8 Å². The highest BCUT2D eigenvalue weighted by atomic mass is 32.2. The fourth-order valence-corrected chi connectivity index (χ4v) is 2.47. The van der Waals surface area contributed by atoms with E-state index >= 15 is 0 Å². The average molecular weight is 265 g/mol. The molecule has 0 aliphatic carbocycles. The molecule has 0 saturated heterocycles. The van der Waals surface area contributed by atoms with E-state index in [0.717, 1.165) is 19.5 Å². The second-order valence-corrected chi connectivity index (χ2v) is 5.74. The number of hydrogen-bond donors (Lipinski definition) is 1. The van der Waals surface area contributed by atoms with Crippen molar-refractivity contribution >= 4 is 11.8 Å². The van der Waals surface area contributed by atoms with Gasteiger partial charge in [-0.25, -0.2) is 0 Å². The lowest BCUT2D eigenvalue weighted by atomic mass is 10.1. The van der Waals surface area contributed by atoms with E-state index < -0.39 is 0 Å². The molecule has 0 atom stereocenters. The van der Waals surface area contributed by atoms with E-state index in [-0.39, 0.29) is 0 Å². The number of rotatable bonds is 10. The fraction of sp³-hybridized carbons (Fsp3) is 0.625. The zero-order valence-electron chi connectivity index (χ0n) is 11.9. The highest BCUT2D eigenvalue weighted by Gasteiger charge is 1.94. The molecule has 1 N–H and O–H groups in total. The third kappa shape index (κ3) is 7.07. The molecule has 1 aromatic rings. The van der Waals surface area contributed by atoms with E-state index in [1.807, 2.05) is 11.8 Å². The van der Waals surface area contributed by atoms with Crippen molar-refractivity contribution in [2.45, 2.75) is 45.6 Å². The first kappa shape index (κ1) is 15.6. The molecule has 18 heavy (non-hydrogen) atoms. The lowest BCUT2D eigenvalue weighted by molar-refractivity contribution is 0.599. The Morgan fingerprint density at radius 1 is 0.944 bits per heavy atom. The summed E-state index contributed by atoms with van der Waals surface area (Å²) in [6, 6.07) is 8.95. The van der Waals surface area contributed by atoms with E-state index in [1.165, 1.54) is 42.6 Å². The molecule has 0 aliphatic heterocycles. The van der Waals surface area contributed by atoms with Crippen LogP contribution in [-0.4, -0.2) is 18.6 Å². The zero-order valence-corrected chi connectivity index (χ0v) is 12.7. The van der Waals surface area contributed by atoms with Gasteiger partial charge in [-0.1, -0.05) is 44.0 Å². The SMILES string of the molecule is CCc1ccc(CNCCCCCCSC)cc1. The topological polar surface area (TPSA) is 12.0 Å². The van der Waals surface area contributed by atoms with Gasteiger partial charge in [-0.3, -0.25) is 0 Å². The maximum atomic E-state index is 3.52. The summed E-state index contributed by atoms with van der Waals surface area (Å²) in [7, 11) is 0. The second kappa shape index (κ2) is 10.5. The van der Waals surface area contributed by atoms with Gasteiger partial charge in [0.1, 0.15) is 0 Å². The van der Waals surface area contributed by atoms with Crippen molar-refractivity contribution in [3.8, 4) is 0 Å². The van der Waals surface area contributed by atoms with Crippen LogP contribution < -0.4 is 5.32 Å². The summed E-state index contributed by atoms with van der Waals surface area (Å²) in [5.74, 6) is 1.32. The monoisotopic (exact) mass is 265 g/mol. The lowest BCUT2D eigenvalue weighted by Gasteiger charge is -2.06. The zero-order chi connectivity index (χ0) is 13.1. The smallest absolute Gasteiger partial charge is 0.0205 e. The van der Waals surface area contributed by atoms with E-state index in [9.17, 15) is 0 Å². The Balaban J connectivity index is 2.00. The average Bonchev–Trinajstić information content (AvgIpc) is 2.42. The summed E-state index contributed by atoms with van der Waals surface area (Å²) in [6.45, 7) is 4.36. The Morgan fingerprint density at radius 2 is 1.61 bits per heavy atom. The molecule has 0 radical (unpaired) electrons. The Bertz CT molecular complexity index is 294. The van der Waals surface area contributed by atoms with Crippen molar-refractivity contribution in [1.82, 2.24) is 5.32 Å². The molecule has 0 bridgehead atoms. The second-order valence-electron chi connectivity index (χ2n) is 4.75. The van der Waals surface area contributed by atoms with Gasteiger partial charge in [0.2, 0.25) is 0 Å². The number of thioether (sulfide) groups is 1. The lowest BCUT2D eigenvalue weighted by Crippen LogP contribution is -2.14. The molecular formula is C16H27NS. The van der Waals surface area contributed by atoms with Crippen LogP contribution in [-0.2, 0) is 13.0 Å². The van der Waals surface area contributed by atoms with E-state index in [4.69, 9.17) is 0 Å². The van der Waals surface area contributed by atoms with Crippen LogP contribution in [0.3, 0.4) is 0 Å². The molecule has 0 unspecified atom stereocenters. The molecule has 1 rings (SSSR count). The highest BCUT2D eigenvalue weighted by molar-refractivity contribution is 7.98. The maximum Gasteiger partial charge on any atom is 0.0205 e. The molecule has 0 spiro atoms. The first-order valence-electron chi connectivity index (χ1n) is 7.14. The third-order valence-corrected chi connectivity index (χ3v) is 3.91. The van der Waals surface area contributed by atoms with Crippen LogP contribution in [0.25, 0.3) is 0 Å². The minimum absolute atomic E-state index is 1.01. The molecule has 0 saturated carbocycles. The number of aryl methyl sites for hydroxylation is 1. The van der Waals surface area contributed by atoms with Crippen molar-refractivity contribution in [2.75, 3.05) is 18.6 Å². The standard InChI is InChI=1S/C16H27NS/c1-3-15-8-10-16(11-9-15)14-17-12-6-4-5-7-13-18-2/h8-11,17H,3-7,12-14H2,1-2H3. The normalized spacial score (nSPS) is 10.8. The van der Waals surface area contributed by atoms with Crippen molar-refractivity contribution in [3.63, 3.8) is 0 Å². The van der Waals surface area contributed by atoms with Crippen LogP contribution in [0.4, 0.5) is 0 Å². The van der Waals surface area contributed by atoms with Gasteiger partial charge >= 0.3 is 0 Å². The Labute approximate surface area is 117 Å². The van der Waals surface area contributed by atoms with Gasteiger partial charge in [-0.05, 0) is 48.9 Å². The molecule has 1 nitrogen and oxygen atoms in total. The molecular weight excluding hydrogens is 238 g/mol. The summed E-state index contributed by atoms with van der Waals surface area (Å²) in [5, 5.41) is 3.52. The van der Waals surface area contributed by atoms with E-state index in [0.29, 0.717) is 0 Å². The molecule has 0 aromatic heterocycles. The summed E-state index contributed by atoms with van der Waals surface area (Å²) in [4.78, 5) is 0. The Kier molecular flexibility index (Phi) is 9.05. The quantitative estimate of drug-likeness (QED) is 0.634. The largest absolute Gasteiger partial charge is 0.313 e. The van der Waals surface area contributed by atoms with Crippen molar-refractivity contribution in [2.24, 2.45) is 0 Å². The van der Waals surface area contributed by atoms with Crippen molar-refractivity contribution in [1.29, 1.82) is 0 Å². The number of benzene rings is 1. The molecule has 0 aliphatic rings. The first-order chi connectivity index (χ1) is 8.86. The summed E-state index contributed by atoms with van der Waals surface area (Å²) in [6.07, 6.45) is 8.74. The number of hydrogen-bond acceptors (Lipinski definition) is 2. The summed E-state index contributed by atoms with van der Waals surface area (Å²) in [5.41, 5.74) is 2.82. The fourth-order valence-electron chi connectivity index (χ4n) is 1.98. The van der Waals surface area contributed by atoms with Crippen molar-refractivity contribution in [3.05, 3.63) is 35.4 Å².